The van der Waals surface area contributed by atoms with E-state index >= 15 is 0 Å². The topological polar surface area (TPSA) is 86.3 Å². The zero-order chi connectivity index (χ0) is 17.6. The number of nitrogens with zero attached hydrogens (tertiary/aromatic N) is 4. The Kier molecular flexibility index (Phi) is 5.65. The second-order valence-electron chi connectivity index (χ2n) is 6.35. The quantitative estimate of drug-likeness (QED) is 0.781. The molecule has 1 saturated heterocycles. The summed E-state index contributed by atoms with van der Waals surface area (Å²) in [7, 11) is 1.64. The smallest absolute Gasteiger partial charge is 0.225 e. The minimum Gasteiger partial charge on any atom is -0.497 e. The summed E-state index contributed by atoms with van der Waals surface area (Å²) in [6, 6.07) is 7.65. The van der Waals surface area contributed by atoms with Crippen molar-refractivity contribution < 1.29 is 9.53 Å². The number of amides is 1. The lowest BCUT2D eigenvalue weighted by Gasteiger charge is -2.14. The number of aromatic nitrogens is 3. The maximum absolute atomic E-state index is 11.2. The van der Waals surface area contributed by atoms with E-state index in [0.717, 1.165) is 36.6 Å². The van der Waals surface area contributed by atoms with Crippen molar-refractivity contribution in [1.82, 2.24) is 19.7 Å². The summed E-state index contributed by atoms with van der Waals surface area (Å²) in [5, 5.41) is 4.48. The van der Waals surface area contributed by atoms with E-state index in [1.54, 1.807) is 7.11 Å². The van der Waals surface area contributed by atoms with Crippen LogP contribution in [0, 0.1) is 0 Å². The van der Waals surface area contributed by atoms with Crippen LogP contribution in [0.3, 0.4) is 0 Å². The van der Waals surface area contributed by atoms with Gasteiger partial charge < -0.3 is 15.4 Å². The molecule has 0 atom stereocenters. The van der Waals surface area contributed by atoms with Crippen molar-refractivity contribution >= 4 is 5.91 Å². The van der Waals surface area contributed by atoms with Gasteiger partial charge in [-0.05, 0) is 63.2 Å². The number of carbonyl (C=O) groups is 1. The first-order valence-corrected chi connectivity index (χ1v) is 8.75. The normalized spacial score (nSPS) is 14.8. The first kappa shape index (κ1) is 17.4. The van der Waals surface area contributed by atoms with Crippen LogP contribution in [0.4, 0.5) is 0 Å². The third-order valence-corrected chi connectivity index (χ3v) is 4.44. The average Bonchev–Trinajstić information content (AvgIpc) is 3.25. The van der Waals surface area contributed by atoms with E-state index < -0.39 is 5.91 Å². The van der Waals surface area contributed by atoms with Gasteiger partial charge >= 0.3 is 0 Å². The lowest BCUT2D eigenvalue weighted by molar-refractivity contribution is -0.117. The standard InChI is InChI=1S/C18H25N5O2/c1-25-15-8-6-14(7-9-15)23-18(20-17(21-23)13-16(19)24)5-4-12-22-10-2-3-11-22/h6-9H,2-5,10-13H2,1H3,(H2,19,24). The van der Waals surface area contributed by atoms with Crippen LogP contribution in [0.2, 0.25) is 0 Å². The summed E-state index contributed by atoms with van der Waals surface area (Å²) >= 11 is 0. The molecule has 0 bridgehead atoms. The first-order chi connectivity index (χ1) is 12.2. The number of ether oxygens (including phenoxy) is 1. The second-order valence-corrected chi connectivity index (χ2v) is 6.35. The Bertz CT molecular complexity index is 705. The van der Waals surface area contributed by atoms with Crippen molar-refractivity contribution in [3.05, 3.63) is 35.9 Å². The van der Waals surface area contributed by atoms with Crippen molar-refractivity contribution in [2.75, 3.05) is 26.7 Å². The summed E-state index contributed by atoms with van der Waals surface area (Å²) in [4.78, 5) is 18.2. The van der Waals surface area contributed by atoms with Gasteiger partial charge in [-0.15, -0.1) is 0 Å². The van der Waals surface area contributed by atoms with Gasteiger partial charge in [0.05, 0.1) is 19.2 Å². The van der Waals surface area contributed by atoms with Gasteiger partial charge in [0.25, 0.3) is 0 Å². The van der Waals surface area contributed by atoms with E-state index in [1.807, 2.05) is 28.9 Å². The van der Waals surface area contributed by atoms with E-state index in [0.29, 0.717) is 5.82 Å². The minimum atomic E-state index is -0.421. The minimum absolute atomic E-state index is 0.0578. The average molecular weight is 343 g/mol. The molecule has 1 aliphatic rings. The molecular formula is C18H25N5O2. The van der Waals surface area contributed by atoms with Crippen LogP contribution in [0.1, 0.15) is 30.9 Å². The molecule has 0 radical (unpaired) electrons. The fourth-order valence-electron chi connectivity index (χ4n) is 3.18. The number of methoxy groups -OCH3 is 1. The molecule has 134 valence electrons. The number of rotatable bonds is 8. The number of aryl methyl sites for hydroxylation is 1. The summed E-state index contributed by atoms with van der Waals surface area (Å²) in [6.45, 7) is 3.46. The van der Waals surface area contributed by atoms with Gasteiger partial charge in [-0.1, -0.05) is 0 Å². The van der Waals surface area contributed by atoms with Crippen LogP contribution in [-0.4, -0.2) is 52.3 Å². The van der Waals surface area contributed by atoms with Crippen molar-refractivity contribution in [2.24, 2.45) is 5.73 Å². The predicted molar refractivity (Wildman–Crippen MR) is 94.8 cm³/mol. The third-order valence-electron chi connectivity index (χ3n) is 4.44. The van der Waals surface area contributed by atoms with E-state index in [2.05, 4.69) is 15.0 Å². The van der Waals surface area contributed by atoms with E-state index in [9.17, 15) is 4.79 Å². The Morgan fingerprint density at radius 1 is 1.24 bits per heavy atom. The Morgan fingerprint density at radius 3 is 2.60 bits per heavy atom. The van der Waals surface area contributed by atoms with Gasteiger partial charge in [-0.25, -0.2) is 9.67 Å². The number of hydrogen-bond donors (Lipinski definition) is 1. The number of benzene rings is 1. The zero-order valence-electron chi connectivity index (χ0n) is 14.6. The number of nitrogens with two attached hydrogens (primary N) is 1. The van der Waals surface area contributed by atoms with E-state index in [1.165, 1.54) is 25.9 Å². The monoisotopic (exact) mass is 343 g/mol. The summed E-state index contributed by atoms with van der Waals surface area (Å²) < 4.78 is 7.01. The lowest BCUT2D eigenvalue weighted by Crippen LogP contribution is -2.21. The molecule has 7 heteroatoms. The summed E-state index contributed by atoms with van der Waals surface area (Å²) in [6.07, 6.45) is 4.48. The molecule has 3 rings (SSSR count). The highest BCUT2D eigenvalue weighted by molar-refractivity contribution is 5.75. The SMILES string of the molecule is COc1ccc(-n2nc(CC(N)=O)nc2CCCN2CCCC2)cc1. The summed E-state index contributed by atoms with van der Waals surface area (Å²) in [5.74, 6) is 1.70. The van der Waals surface area contributed by atoms with Crippen molar-refractivity contribution in [1.29, 1.82) is 0 Å². The van der Waals surface area contributed by atoms with Gasteiger partial charge in [-0.3, -0.25) is 4.79 Å². The van der Waals surface area contributed by atoms with Gasteiger partial charge in [0.2, 0.25) is 5.91 Å². The molecule has 1 aliphatic heterocycles. The highest BCUT2D eigenvalue weighted by atomic mass is 16.5. The van der Waals surface area contributed by atoms with Gasteiger partial charge in [-0.2, -0.15) is 5.10 Å². The Morgan fingerprint density at radius 2 is 1.96 bits per heavy atom. The predicted octanol–water partition coefficient (Wildman–Crippen LogP) is 1.33. The zero-order valence-corrected chi connectivity index (χ0v) is 14.6. The molecule has 2 N–H and O–H groups in total. The van der Waals surface area contributed by atoms with Crippen LogP contribution in [-0.2, 0) is 17.6 Å². The van der Waals surface area contributed by atoms with Crippen LogP contribution in [0.25, 0.3) is 5.69 Å². The fraction of sp³-hybridized carbons (Fsp3) is 0.500. The Hall–Kier alpha value is -2.41. The number of carbonyl (C=O) groups excluding carboxylic acids is 1. The molecule has 1 amide bonds. The molecule has 1 aromatic carbocycles. The molecule has 0 aliphatic carbocycles. The van der Waals surface area contributed by atoms with Crippen LogP contribution < -0.4 is 10.5 Å². The van der Waals surface area contributed by atoms with E-state index in [-0.39, 0.29) is 6.42 Å². The molecule has 25 heavy (non-hydrogen) atoms. The molecule has 2 heterocycles. The van der Waals surface area contributed by atoms with Gasteiger partial charge in [0, 0.05) is 6.42 Å². The maximum Gasteiger partial charge on any atom is 0.225 e. The number of likely N-dealkylation sites (tertiary alicyclic amines) is 1. The molecular weight excluding hydrogens is 318 g/mol. The number of hydrogen-bond acceptors (Lipinski definition) is 5. The Balaban J connectivity index is 1.75. The van der Waals surface area contributed by atoms with E-state index in [4.69, 9.17) is 10.5 Å². The second kappa shape index (κ2) is 8.11. The molecule has 0 saturated carbocycles. The number of primary amides is 1. The van der Waals surface area contributed by atoms with Crippen molar-refractivity contribution in [3.63, 3.8) is 0 Å². The van der Waals surface area contributed by atoms with Crippen molar-refractivity contribution in [3.8, 4) is 11.4 Å². The van der Waals surface area contributed by atoms with Crippen LogP contribution in [0.15, 0.2) is 24.3 Å². The van der Waals surface area contributed by atoms with Crippen molar-refractivity contribution in [2.45, 2.75) is 32.1 Å². The van der Waals surface area contributed by atoms with Gasteiger partial charge in [0.15, 0.2) is 5.82 Å². The Labute approximate surface area is 147 Å². The third kappa shape index (κ3) is 4.57. The van der Waals surface area contributed by atoms with Crippen LogP contribution >= 0.6 is 0 Å². The molecule has 1 aromatic heterocycles. The maximum atomic E-state index is 11.2. The highest BCUT2D eigenvalue weighted by Gasteiger charge is 2.15. The molecule has 7 nitrogen and oxygen atoms in total. The fourth-order valence-corrected chi connectivity index (χ4v) is 3.18. The molecule has 0 unspecified atom stereocenters. The molecule has 2 aromatic rings. The molecule has 1 fully saturated rings. The highest BCUT2D eigenvalue weighted by Crippen LogP contribution is 2.17. The largest absolute Gasteiger partial charge is 0.497 e. The first-order valence-electron chi connectivity index (χ1n) is 8.75. The van der Waals surface area contributed by atoms with Crippen LogP contribution in [0.5, 0.6) is 5.75 Å². The summed E-state index contributed by atoms with van der Waals surface area (Å²) in [5.41, 5.74) is 6.19. The lowest BCUT2D eigenvalue weighted by atomic mass is 10.2. The van der Waals surface area contributed by atoms with Gasteiger partial charge in [0.1, 0.15) is 11.6 Å². The molecule has 0 spiro atoms.